The van der Waals surface area contributed by atoms with Crippen LogP contribution in [-0.2, 0) is 11.2 Å². The number of para-hydroxylation sites is 2. The van der Waals surface area contributed by atoms with Crippen LogP contribution in [0.1, 0.15) is 28.6 Å². The fourth-order valence-electron chi connectivity index (χ4n) is 2.97. The number of furan rings is 1. The molecule has 1 unspecified atom stereocenters. The maximum atomic E-state index is 13.0. The molecule has 0 aliphatic carbocycles. The van der Waals surface area contributed by atoms with E-state index in [1.807, 2.05) is 31.2 Å². The van der Waals surface area contributed by atoms with Gasteiger partial charge in [0.05, 0.1) is 18.4 Å². The summed E-state index contributed by atoms with van der Waals surface area (Å²) < 4.78 is 16.9. The van der Waals surface area contributed by atoms with Gasteiger partial charge in [-0.05, 0) is 26.0 Å². The SMILES string of the molecule is CCN(CC1COc2ccccc2O1)C(=O)c1c(C)coc1CC(=O)O. The first-order chi connectivity index (χ1) is 12.5. The van der Waals surface area contributed by atoms with Crippen molar-refractivity contribution in [1.82, 2.24) is 4.90 Å². The number of carboxylic acid groups (broad SMARTS) is 1. The largest absolute Gasteiger partial charge is 0.486 e. The molecular weight excluding hydrogens is 338 g/mol. The highest BCUT2D eigenvalue weighted by Crippen LogP contribution is 2.31. The number of rotatable bonds is 6. The van der Waals surface area contributed by atoms with Gasteiger partial charge in [-0.25, -0.2) is 0 Å². The third-order valence-corrected chi connectivity index (χ3v) is 4.24. The summed E-state index contributed by atoms with van der Waals surface area (Å²) in [5.41, 5.74) is 0.933. The summed E-state index contributed by atoms with van der Waals surface area (Å²) >= 11 is 0. The lowest BCUT2D eigenvalue weighted by Crippen LogP contribution is -2.43. The van der Waals surface area contributed by atoms with E-state index < -0.39 is 5.97 Å². The van der Waals surface area contributed by atoms with Crippen molar-refractivity contribution in [3.63, 3.8) is 0 Å². The Morgan fingerprint density at radius 1 is 1.27 bits per heavy atom. The van der Waals surface area contributed by atoms with Crippen LogP contribution < -0.4 is 9.47 Å². The van der Waals surface area contributed by atoms with Crippen LogP contribution >= 0.6 is 0 Å². The van der Waals surface area contributed by atoms with Crippen LogP contribution in [0.3, 0.4) is 0 Å². The first kappa shape index (κ1) is 17.8. The number of fused-ring (bicyclic) bond motifs is 1. The number of hydrogen-bond donors (Lipinski definition) is 1. The fraction of sp³-hybridized carbons (Fsp3) is 0.368. The molecule has 1 aromatic carbocycles. The van der Waals surface area contributed by atoms with Crippen molar-refractivity contribution < 1.29 is 28.6 Å². The van der Waals surface area contributed by atoms with Crippen LogP contribution in [0.2, 0.25) is 0 Å². The monoisotopic (exact) mass is 359 g/mol. The minimum atomic E-state index is -1.04. The van der Waals surface area contributed by atoms with E-state index in [-0.39, 0.29) is 24.2 Å². The normalized spacial score (nSPS) is 15.5. The lowest BCUT2D eigenvalue weighted by atomic mass is 10.1. The zero-order valence-corrected chi connectivity index (χ0v) is 14.7. The lowest BCUT2D eigenvalue weighted by molar-refractivity contribution is -0.136. The predicted molar refractivity (Wildman–Crippen MR) is 92.7 cm³/mol. The zero-order chi connectivity index (χ0) is 18.7. The standard InChI is InChI=1S/C19H21NO6/c1-3-20(9-13-11-25-14-6-4-5-7-15(14)26-13)19(23)18-12(2)10-24-16(18)8-17(21)22/h4-7,10,13H,3,8-9,11H2,1-2H3,(H,21,22). The van der Waals surface area contributed by atoms with Crippen molar-refractivity contribution in [3.05, 3.63) is 47.4 Å². The van der Waals surface area contributed by atoms with E-state index in [9.17, 15) is 9.59 Å². The number of hydrogen-bond acceptors (Lipinski definition) is 5. The minimum absolute atomic E-state index is 0.171. The highest BCUT2D eigenvalue weighted by atomic mass is 16.6. The second kappa shape index (κ2) is 7.51. The average molecular weight is 359 g/mol. The van der Waals surface area contributed by atoms with Crippen molar-refractivity contribution in [1.29, 1.82) is 0 Å². The molecule has 0 radical (unpaired) electrons. The molecule has 3 rings (SSSR count). The second-order valence-corrected chi connectivity index (χ2v) is 6.13. The van der Waals surface area contributed by atoms with E-state index in [1.165, 1.54) is 6.26 Å². The molecule has 0 fully saturated rings. The van der Waals surface area contributed by atoms with Crippen LogP contribution in [0.4, 0.5) is 0 Å². The third-order valence-electron chi connectivity index (χ3n) is 4.24. The summed E-state index contributed by atoms with van der Waals surface area (Å²) in [7, 11) is 0. The molecule has 26 heavy (non-hydrogen) atoms. The Morgan fingerprint density at radius 2 is 2.00 bits per heavy atom. The first-order valence-corrected chi connectivity index (χ1v) is 8.46. The molecule has 0 saturated heterocycles. The van der Waals surface area contributed by atoms with Gasteiger partial charge in [0.1, 0.15) is 18.8 Å². The number of nitrogens with zero attached hydrogens (tertiary/aromatic N) is 1. The molecule has 2 heterocycles. The molecular formula is C19H21NO6. The van der Waals surface area contributed by atoms with E-state index in [0.29, 0.717) is 42.3 Å². The molecule has 1 aromatic heterocycles. The molecule has 7 nitrogen and oxygen atoms in total. The van der Waals surface area contributed by atoms with Crippen LogP contribution in [0.5, 0.6) is 11.5 Å². The van der Waals surface area contributed by atoms with Crippen LogP contribution in [0.15, 0.2) is 34.9 Å². The van der Waals surface area contributed by atoms with Gasteiger partial charge < -0.3 is 23.9 Å². The fourth-order valence-corrected chi connectivity index (χ4v) is 2.97. The highest BCUT2D eigenvalue weighted by molar-refractivity contribution is 5.97. The van der Waals surface area contributed by atoms with E-state index in [4.69, 9.17) is 19.0 Å². The van der Waals surface area contributed by atoms with Crippen LogP contribution in [0.25, 0.3) is 0 Å². The van der Waals surface area contributed by atoms with E-state index in [2.05, 4.69) is 0 Å². The van der Waals surface area contributed by atoms with Gasteiger partial charge in [-0.2, -0.15) is 0 Å². The molecule has 7 heteroatoms. The first-order valence-electron chi connectivity index (χ1n) is 8.46. The Balaban J connectivity index is 1.75. The third kappa shape index (κ3) is 3.66. The molecule has 138 valence electrons. The molecule has 0 bridgehead atoms. The summed E-state index contributed by atoms with van der Waals surface area (Å²) in [6.45, 7) is 4.72. The summed E-state index contributed by atoms with van der Waals surface area (Å²) in [5, 5.41) is 9.01. The summed E-state index contributed by atoms with van der Waals surface area (Å²) in [6.07, 6.45) is 0.780. The van der Waals surface area contributed by atoms with Crippen molar-refractivity contribution in [2.24, 2.45) is 0 Å². The summed E-state index contributed by atoms with van der Waals surface area (Å²) in [4.78, 5) is 25.6. The van der Waals surface area contributed by atoms with Crippen molar-refractivity contribution in [2.45, 2.75) is 26.4 Å². The van der Waals surface area contributed by atoms with Gasteiger partial charge in [-0.15, -0.1) is 0 Å². The topological polar surface area (TPSA) is 89.2 Å². The Bertz CT molecular complexity index is 812. The zero-order valence-electron chi connectivity index (χ0n) is 14.7. The Labute approximate surface area is 151 Å². The van der Waals surface area contributed by atoms with Crippen LogP contribution in [-0.4, -0.2) is 47.7 Å². The number of aryl methyl sites for hydroxylation is 1. The average Bonchev–Trinajstić information content (AvgIpc) is 2.98. The number of benzene rings is 1. The number of carboxylic acids is 1. The highest BCUT2D eigenvalue weighted by Gasteiger charge is 2.28. The van der Waals surface area contributed by atoms with E-state index in [1.54, 1.807) is 11.8 Å². The lowest BCUT2D eigenvalue weighted by Gasteiger charge is -2.31. The van der Waals surface area contributed by atoms with Crippen molar-refractivity contribution in [3.8, 4) is 11.5 Å². The summed E-state index contributed by atoms with van der Waals surface area (Å²) in [5.74, 6) is 0.199. The molecule has 1 aliphatic rings. The van der Waals surface area contributed by atoms with Gasteiger partial charge >= 0.3 is 5.97 Å². The van der Waals surface area contributed by atoms with Gasteiger partial charge in [-0.1, -0.05) is 12.1 Å². The number of aliphatic carboxylic acids is 1. The van der Waals surface area contributed by atoms with Gasteiger partial charge in [0.15, 0.2) is 17.6 Å². The maximum absolute atomic E-state index is 13.0. The van der Waals surface area contributed by atoms with Gasteiger partial charge in [-0.3, -0.25) is 9.59 Å². The number of carbonyl (C=O) groups is 2. The van der Waals surface area contributed by atoms with Gasteiger partial charge in [0.25, 0.3) is 5.91 Å². The predicted octanol–water partition coefficient (Wildman–Crippen LogP) is 2.52. The number of carbonyl (C=O) groups excluding carboxylic acids is 1. The smallest absolute Gasteiger partial charge is 0.311 e. The molecule has 1 aliphatic heterocycles. The van der Waals surface area contributed by atoms with Gasteiger partial charge in [0.2, 0.25) is 0 Å². The Hall–Kier alpha value is -2.96. The number of amides is 1. The van der Waals surface area contributed by atoms with E-state index in [0.717, 1.165) is 0 Å². The van der Waals surface area contributed by atoms with Gasteiger partial charge in [0, 0.05) is 12.1 Å². The van der Waals surface area contributed by atoms with Crippen molar-refractivity contribution in [2.75, 3.05) is 19.7 Å². The second-order valence-electron chi connectivity index (χ2n) is 6.13. The maximum Gasteiger partial charge on any atom is 0.311 e. The molecule has 1 amide bonds. The molecule has 0 saturated carbocycles. The molecule has 0 spiro atoms. The minimum Gasteiger partial charge on any atom is -0.486 e. The number of likely N-dealkylation sites (N-methyl/N-ethyl adjacent to an activating group) is 1. The molecule has 1 N–H and O–H groups in total. The van der Waals surface area contributed by atoms with E-state index >= 15 is 0 Å². The molecule has 2 aromatic rings. The summed E-state index contributed by atoms with van der Waals surface area (Å²) in [6, 6.07) is 7.39. The Morgan fingerprint density at radius 3 is 2.69 bits per heavy atom. The van der Waals surface area contributed by atoms with Crippen LogP contribution in [0, 0.1) is 6.92 Å². The molecule has 1 atom stereocenters. The number of ether oxygens (including phenoxy) is 2. The Kier molecular flexibility index (Phi) is 5.16. The quantitative estimate of drug-likeness (QED) is 0.852. The van der Waals surface area contributed by atoms with Crippen molar-refractivity contribution >= 4 is 11.9 Å².